The van der Waals surface area contributed by atoms with Crippen molar-refractivity contribution in [2.75, 3.05) is 0 Å². The smallest absolute Gasteiger partial charge is 0.138 e. The summed E-state index contributed by atoms with van der Waals surface area (Å²) >= 11 is 0. The topological polar surface area (TPSA) is 66.6 Å². The fraction of sp³-hybridized carbons (Fsp3) is 0.212. The van der Waals surface area contributed by atoms with Crippen molar-refractivity contribution in [3.05, 3.63) is 90.5 Å². The highest BCUT2D eigenvalue weighted by molar-refractivity contribution is 5.88. The first-order valence-electron chi connectivity index (χ1n) is 13.1. The van der Waals surface area contributed by atoms with Crippen molar-refractivity contribution in [2.45, 2.75) is 46.1 Å². The monoisotopic (exact) mass is 500 g/mol. The Bertz CT molecular complexity index is 1730. The van der Waals surface area contributed by atoms with E-state index in [0.717, 1.165) is 61.7 Å². The summed E-state index contributed by atoms with van der Waals surface area (Å²) in [4.78, 5) is 16.7. The Kier molecular flexibility index (Phi) is 5.79. The minimum atomic E-state index is -0.225. The molecule has 0 aliphatic rings. The molecule has 0 atom stereocenters. The number of aromatic amines is 2. The molecule has 5 heteroatoms. The largest absolute Gasteiger partial charge is 0.488 e. The van der Waals surface area contributed by atoms with E-state index in [1.54, 1.807) is 0 Å². The van der Waals surface area contributed by atoms with Crippen LogP contribution in [0.2, 0.25) is 0 Å². The number of rotatable bonds is 5. The molecule has 0 bridgehead atoms. The maximum Gasteiger partial charge on any atom is 0.138 e. The van der Waals surface area contributed by atoms with E-state index in [-0.39, 0.29) is 5.60 Å². The quantitative estimate of drug-likeness (QED) is 0.249. The van der Waals surface area contributed by atoms with E-state index in [0.29, 0.717) is 5.92 Å². The van der Waals surface area contributed by atoms with Crippen LogP contribution in [-0.2, 0) is 0 Å². The van der Waals surface area contributed by atoms with E-state index in [1.807, 2.05) is 45.0 Å². The lowest BCUT2D eigenvalue weighted by atomic mass is 10.0. The van der Waals surface area contributed by atoms with Crippen molar-refractivity contribution in [1.29, 1.82) is 0 Å². The fourth-order valence-electron chi connectivity index (χ4n) is 4.71. The number of hydrogen-bond acceptors (Lipinski definition) is 3. The molecule has 38 heavy (non-hydrogen) atoms. The Morgan fingerprint density at radius 2 is 1.16 bits per heavy atom. The zero-order valence-electron chi connectivity index (χ0n) is 22.5. The van der Waals surface area contributed by atoms with Crippen LogP contribution in [-0.4, -0.2) is 25.5 Å². The maximum absolute atomic E-state index is 5.95. The van der Waals surface area contributed by atoms with Crippen molar-refractivity contribution in [3.63, 3.8) is 0 Å². The third-order valence-electron chi connectivity index (χ3n) is 6.70. The van der Waals surface area contributed by atoms with E-state index in [1.165, 1.54) is 5.56 Å². The molecule has 0 spiro atoms. The third kappa shape index (κ3) is 4.80. The van der Waals surface area contributed by atoms with Crippen LogP contribution in [0.1, 0.15) is 46.1 Å². The van der Waals surface area contributed by atoms with Gasteiger partial charge < -0.3 is 14.7 Å². The van der Waals surface area contributed by atoms with Gasteiger partial charge >= 0.3 is 0 Å². The van der Waals surface area contributed by atoms with Gasteiger partial charge in [0.1, 0.15) is 23.0 Å². The van der Waals surface area contributed by atoms with Crippen LogP contribution in [0.15, 0.2) is 84.9 Å². The second-order valence-electron chi connectivity index (χ2n) is 11.2. The lowest BCUT2D eigenvalue weighted by Crippen LogP contribution is -2.22. The minimum absolute atomic E-state index is 0.225. The fourth-order valence-corrected chi connectivity index (χ4v) is 4.71. The van der Waals surface area contributed by atoms with E-state index >= 15 is 0 Å². The Morgan fingerprint density at radius 1 is 0.605 bits per heavy atom. The highest BCUT2D eigenvalue weighted by Crippen LogP contribution is 2.30. The van der Waals surface area contributed by atoms with Crippen LogP contribution >= 0.6 is 0 Å². The van der Waals surface area contributed by atoms with Crippen LogP contribution < -0.4 is 4.74 Å². The van der Waals surface area contributed by atoms with Gasteiger partial charge in [-0.25, -0.2) is 9.97 Å². The highest BCUT2D eigenvalue weighted by Gasteiger charge is 2.13. The van der Waals surface area contributed by atoms with Gasteiger partial charge in [-0.2, -0.15) is 0 Å². The highest BCUT2D eigenvalue weighted by atomic mass is 16.5. The number of nitrogens with one attached hydrogen (secondary N) is 2. The lowest BCUT2D eigenvalue weighted by Gasteiger charge is -2.21. The lowest BCUT2D eigenvalue weighted by molar-refractivity contribution is 0.131. The summed E-state index contributed by atoms with van der Waals surface area (Å²) in [6.07, 6.45) is 0. The van der Waals surface area contributed by atoms with Crippen LogP contribution in [0.3, 0.4) is 0 Å². The van der Waals surface area contributed by atoms with Crippen LogP contribution in [0.4, 0.5) is 0 Å². The second-order valence-corrected chi connectivity index (χ2v) is 11.2. The van der Waals surface area contributed by atoms with Gasteiger partial charge in [0.2, 0.25) is 0 Å². The number of fused-ring (bicyclic) bond motifs is 2. The normalized spacial score (nSPS) is 12.1. The molecule has 0 amide bonds. The Labute approximate surface area is 222 Å². The predicted octanol–water partition coefficient (Wildman–Crippen LogP) is 8.74. The van der Waals surface area contributed by atoms with Gasteiger partial charge in [-0.05, 0) is 91.9 Å². The molecule has 6 aromatic rings. The standard InChI is InChI=1S/C33H32N4O/c1-20(2)21-6-8-22(9-7-21)31-34-27-16-12-24(18-29(27)36-31)25-13-17-28-30(19-25)37-32(35-28)23-10-14-26(15-11-23)38-33(3,4)5/h6-20H,1-5H3,(H,34,36)(H,35,37). The summed E-state index contributed by atoms with van der Waals surface area (Å²) in [5, 5.41) is 0. The molecule has 0 aliphatic carbocycles. The average Bonchev–Trinajstić information content (AvgIpc) is 3.51. The minimum Gasteiger partial charge on any atom is -0.488 e. The molecule has 6 rings (SSSR count). The number of aromatic nitrogens is 4. The molecular weight excluding hydrogens is 468 g/mol. The first-order valence-corrected chi connectivity index (χ1v) is 13.1. The molecule has 190 valence electrons. The predicted molar refractivity (Wildman–Crippen MR) is 157 cm³/mol. The molecule has 0 unspecified atom stereocenters. The van der Waals surface area contributed by atoms with Crippen molar-refractivity contribution >= 4 is 22.1 Å². The molecule has 2 N–H and O–H groups in total. The summed E-state index contributed by atoms with van der Waals surface area (Å²) in [6.45, 7) is 10.6. The first kappa shape index (κ1) is 24.0. The summed E-state index contributed by atoms with van der Waals surface area (Å²) < 4.78 is 5.95. The summed E-state index contributed by atoms with van der Waals surface area (Å²) in [7, 11) is 0. The Hall–Kier alpha value is -4.38. The molecule has 4 aromatic carbocycles. The molecule has 0 fully saturated rings. The van der Waals surface area contributed by atoms with Gasteiger partial charge in [-0.15, -0.1) is 0 Å². The third-order valence-corrected chi connectivity index (χ3v) is 6.70. The molecule has 5 nitrogen and oxygen atoms in total. The average molecular weight is 501 g/mol. The summed E-state index contributed by atoms with van der Waals surface area (Å²) in [6, 6.07) is 29.4. The van der Waals surface area contributed by atoms with Crippen LogP contribution in [0.25, 0.3) is 56.0 Å². The number of H-pyrrole nitrogens is 2. The Morgan fingerprint density at radius 3 is 1.82 bits per heavy atom. The molecule has 0 saturated carbocycles. The van der Waals surface area contributed by atoms with Gasteiger partial charge in [-0.1, -0.05) is 50.2 Å². The van der Waals surface area contributed by atoms with Gasteiger partial charge in [0, 0.05) is 11.1 Å². The molecule has 0 radical (unpaired) electrons. The van der Waals surface area contributed by atoms with Crippen molar-refractivity contribution in [3.8, 4) is 39.7 Å². The zero-order chi connectivity index (χ0) is 26.4. The number of ether oxygens (including phenoxy) is 1. The maximum atomic E-state index is 5.95. The van der Waals surface area contributed by atoms with Gasteiger partial charge in [0.05, 0.1) is 22.1 Å². The number of nitrogens with zero attached hydrogens (tertiary/aromatic N) is 2. The van der Waals surface area contributed by atoms with Crippen molar-refractivity contribution < 1.29 is 4.74 Å². The van der Waals surface area contributed by atoms with Gasteiger partial charge in [0.15, 0.2) is 0 Å². The molecule has 2 heterocycles. The number of hydrogen-bond donors (Lipinski definition) is 2. The second kappa shape index (κ2) is 9.18. The SMILES string of the molecule is CC(C)c1ccc(-c2nc3ccc(-c4ccc5[nH]c(-c6ccc(OC(C)(C)C)cc6)nc5c4)cc3[nH]2)cc1. The molecule has 0 aliphatic heterocycles. The van der Waals surface area contributed by atoms with E-state index in [2.05, 4.69) is 84.5 Å². The summed E-state index contributed by atoms with van der Waals surface area (Å²) in [5.74, 6) is 3.10. The first-order chi connectivity index (χ1) is 18.2. The molecular formula is C33H32N4O. The van der Waals surface area contributed by atoms with E-state index in [4.69, 9.17) is 14.7 Å². The molecule has 2 aromatic heterocycles. The van der Waals surface area contributed by atoms with Gasteiger partial charge in [0.25, 0.3) is 0 Å². The number of benzene rings is 4. The number of imidazole rings is 2. The van der Waals surface area contributed by atoms with Gasteiger partial charge in [-0.3, -0.25) is 0 Å². The van der Waals surface area contributed by atoms with Crippen molar-refractivity contribution in [1.82, 2.24) is 19.9 Å². The summed E-state index contributed by atoms with van der Waals surface area (Å²) in [5.41, 5.74) is 9.38. The molecule has 0 saturated heterocycles. The van der Waals surface area contributed by atoms with Crippen LogP contribution in [0, 0.1) is 0 Å². The van der Waals surface area contributed by atoms with Crippen molar-refractivity contribution in [2.24, 2.45) is 0 Å². The van der Waals surface area contributed by atoms with Crippen LogP contribution in [0.5, 0.6) is 5.75 Å². The Balaban J connectivity index is 1.28. The zero-order valence-corrected chi connectivity index (χ0v) is 22.5. The van der Waals surface area contributed by atoms with E-state index < -0.39 is 0 Å². The van der Waals surface area contributed by atoms with E-state index in [9.17, 15) is 0 Å².